The van der Waals surface area contributed by atoms with E-state index >= 15 is 0 Å². The number of amides is 2. The maximum absolute atomic E-state index is 13.6. The topological polar surface area (TPSA) is 196 Å². The summed E-state index contributed by atoms with van der Waals surface area (Å²) in [5.74, 6) is -1.20. The Morgan fingerprint density at radius 3 is 2.39 bits per heavy atom. The highest BCUT2D eigenvalue weighted by Crippen LogP contribution is 2.39. The van der Waals surface area contributed by atoms with E-state index < -0.39 is 17.6 Å². The second-order valence-electron chi connectivity index (χ2n) is 11.3. The second kappa shape index (κ2) is 14.2. The van der Waals surface area contributed by atoms with Gasteiger partial charge < -0.3 is 31.1 Å². The van der Waals surface area contributed by atoms with Gasteiger partial charge in [0.1, 0.15) is 30.8 Å². The average molecular weight is 625 g/mol. The summed E-state index contributed by atoms with van der Waals surface area (Å²) in [6, 6.07) is 19.5. The van der Waals surface area contributed by atoms with Crippen molar-refractivity contribution in [3.63, 3.8) is 0 Å². The van der Waals surface area contributed by atoms with Gasteiger partial charge in [-0.1, -0.05) is 48.9 Å². The molecule has 2 unspecified atom stereocenters. The van der Waals surface area contributed by atoms with E-state index in [1.807, 2.05) is 48.5 Å². The van der Waals surface area contributed by atoms with Gasteiger partial charge in [-0.25, -0.2) is 0 Å². The van der Waals surface area contributed by atoms with Gasteiger partial charge in [-0.15, -0.1) is 0 Å². The van der Waals surface area contributed by atoms with Gasteiger partial charge in [0, 0.05) is 18.5 Å². The number of anilines is 2. The van der Waals surface area contributed by atoms with Gasteiger partial charge in [0.15, 0.2) is 5.96 Å². The van der Waals surface area contributed by atoms with E-state index in [0.29, 0.717) is 47.2 Å². The van der Waals surface area contributed by atoms with Crippen LogP contribution < -0.4 is 27.0 Å². The SMILES string of the molecule is NC(N)=NCCCCCc1ccc2c(c1)C(=O)NCC(=O)N2c1ccc(COC(=O)C2NC2(C=O)CC=O)cc1-c1ccccc1. The summed E-state index contributed by atoms with van der Waals surface area (Å²) in [6.45, 7) is 0.291. The van der Waals surface area contributed by atoms with Gasteiger partial charge in [0.2, 0.25) is 0 Å². The molecule has 0 bridgehead atoms. The fourth-order valence-electron chi connectivity index (χ4n) is 5.59. The molecular weight excluding hydrogens is 588 g/mol. The molecule has 1 fully saturated rings. The summed E-state index contributed by atoms with van der Waals surface area (Å²) >= 11 is 0. The number of benzene rings is 3. The zero-order valence-corrected chi connectivity index (χ0v) is 25.2. The first-order valence-corrected chi connectivity index (χ1v) is 15.1. The number of hydrogen-bond acceptors (Lipinski definition) is 8. The molecule has 0 radical (unpaired) electrons. The molecule has 12 nitrogen and oxygen atoms in total. The van der Waals surface area contributed by atoms with E-state index in [1.54, 1.807) is 23.1 Å². The van der Waals surface area contributed by atoms with Crippen molar-refractivity contribution in [3.8, 4) is 11.1 Å². The number of aliphatic imine (C=N–C) groups is 1. The van der Waals surface area contributed by atoms with Crippen molar-refractivity contribution >= 4 is 47.7 Å². The van der Waals surface area contributed by atoms with Crippen molar-refractivity contribution in [1.82, 2.24) is 10.6 Å². The Morgan fingerprint density at radius 2 is 1.67 bits per heavy atom. The van der Waals surface area contributed by atoms with Crippen LogP contribution in [0.2, 0.25) is 0 Å². The lowest BCUT2D eigenvalue weighted by Crippen LogP contribution is -2.33. The van der Waals surface area contributed by atoms with Crippen LogP contribution in [0.5, 0.6) is 0 Å². The lowest BCUT2D eigenvalue weighted by atomic mass is 9.98. The average Bonchev–Trinajstić information content (AvgIpc) is 3.81. The van der Waals surface area contributed by atoms with E-state index in [1.165, 1.54) is 0 Å². The smallest absolute Gasteiger partial charge is 0.325 e. The zero-order chi connectivity index (χ0) is 32.7. The Hall–Kier alpha value is -5.36. The molecule has 238 valence electrons. The number of aryl methyl sites for hydroxylation is 1. The maximum Gasteiger partial charge on any atom is 0.325 e. The molecule has 0 aromatic heterocycles. The van der Waals surface area contributed by atoms with Crippen LogP contribution in [0.25, 0.3) is 11.1 Å². The number of guanidine groups is 1. The minimum Gasteiger partial charge on any atom is -0.460 e. The molecule has 0 spiro atoms. The highest BCUT2D eigenvalue weighted by molar-refractivity contribution is 6.14. The summed E-state index contributed by atoms with van der Waals surface area (Å²) < 4.78 is 5.49. The first-order chi connectivity index (χ1) is 22.3. The number of nitrogens with two attached hydrogens (primary N) is 2. The summed E-state index contributed by atoms with van der Waals surface area (Å²) in [5.41, 5.74) is 14.1. The molecule has 1 saturated heterocycles. The molecule has 5 rings (SSSR count). The van der Waals surface area contributed by atoms with Crippen molar-refractivity contribution in [1.29, 1.82) is 0 Å². The normalized spacial score (nSPS) is 18.5. The summed E-state index contributed by atoms with van der Waals surface area (Å²) in [7, 11) is 0. The molecule has 0 saturated carbocycles. The highest BCUT2D eigenvalue weighted by Gasteiger charge is 2.59. The number of carbonyl (C=O) groups is 5. The van der Waals surface area contributed by atoms with Gasteiger partial charge >= 0.3 is 5.97 Å². The molecule has 46 heavy (non-hydrogen) atoms. The number of ether oxygens (including phenoxy) is 1. The molecule has 2 aliphatic heterocycles. The molecule has 2 heterocycles. The number of aldehydes is 2. The molecule has 12 heteroatoms. The number of unbranched alkanes of at least 4 members (excludes halogenated alkanes) is 2. The van der Waals surface area contributed by atoms with Crippen LogP contribution in [0.1, 0.15) is 47.2 Å². The van der Waals surface area contributed by atoms with Crippen LogP contribution in [-0.2, 0) is 36.9 Å². The quantitative estimate of drug-likeness (QED) is 0.0519. The third kappa shape index (κ3) is 7.13. The summed E-state index contributed by atoms with van der Waals surface area (Å²) in [4.78, 5) is 67.3. The minimum absolute atomic E-state index is 0.0779. The predicted octanol–water partition coefficient (Wildman–Crippen LogP) is 2.29. The van der Waals surface area contributed by atoms with E-state index in [4.69, 9.17) is 16.2 Å². The molecular formula is C34H36N6O6. The van der Waals surface area contributed by atoms with E-state index in [2.05, 4.69) is 15.6 Å². The first-order valence-electron chi connectivity index (χ1n) is 15.1. The molecule has 6 N–H and O–H groups in total. The number of rotatable bonds is 14. The Kier molecular flexibility index (Phi) is 9.87. The monoisotopic (exact) mass is 624 g/mol. The van der Waals surface area contributed by atoms with Gasteiger partial charge in [-0.3, -0.25) is 29.6 Å². The van der Waals surface area contributed by atoms with Crippen molar-refractivity contribution in [3.05, 3.63) is 83.4 Å². The number of hydrogen-bond donors (Lipinski definition) is 4. The van der Waals surface area contributed by atoms with Crippen LogP contribution in [0.3, 0.4) is 0 Å². The van der Waals surface area contributed by atoms with E-state index in [0.717, 1.165) is 36.8 Å². The maximum atomic E-state index is 13.6. The van der Waals surface area contributed by atoms with Crippen molar-refractivity contribution in [2.24, 2.45) is 16.5 Å². The zero-order valence-electron chi connectivity index (χ0n) is 25.2. The Labute approximate surface area is 266 Å². The molecule has 2 aliphatic rings. The van der Waals surface area contributed by atoms with Crippen LogP contribution in [0.15, 0.2) is 71.7 Å². The largest absolute Gasteiger partial charge is 0.460 e. The van der Waals surface area contributed by atoms with Crippen LogP contribution in [-0.4, -0.2) is 61.0 Å². The number of nitrogens with zero attached hydrogens (tertiary/aromatic N) is 2. The predicted molar refractivity (Wildman–Crippen MR) is 172 cm³/mol. The van der Waals surface area contributed by atoms with Crippen LogP contribution in [0.4, 0.5) is 11.4 Å². The van der Waals surface area contributed by atoms with Gasteiger partial charge in [0.25, 0.3) is 11.8 Å². The molecule has 3 aromatic rings. The fraction of sp³-hybridized carbons (Fsp3) is 0.294. The third-order valence-corrected chi connectivity index (χ3v) is 8.09. The van der Waals surface area contributed by atoms with Crippen molar-refractivity contribution < 1.29 is 28.7 Å². The Bertz CT molecular complexity index is 1670. The standard InChI is InChI=1S/C34H36N6O6/c35-33(36)37-15-6-2-3-7-22-10-12-28-26(17-22)31(44)38-19-29(43)40(28)27-13-11-23(18-25(27)24-8-4-1-5-9-24)20-46-32(45)30-34(21-42,39-30)14-16-41/h1,4-5,8-13,16-18,21,30,39H,2-3,6-7,14-15,19-20H2,(H,38,44)(H4,35,36,37). The van der Waals surface area contributed by atoms with Gasteiger partial charge in [-0.2, -0.15) is 0 Å². The number of nitrogens with one attached hydrogen (secondary N) is 2. The lowest BCUT2D eigenvalue weighted by Gasteiger charge is -2.26. The Morgan fingerprint density at radius 1 is 0.957 bits per heavy atom. The minimum atomic E-state index is -1.21. The van der Waals surface area contributed by atoms with Gasteiger partial charge in [-0.05, 0) is 60.2 Å². The molecule has 3 aromatic carbocycles. The molecule has 2 amide bonds. The molecule has 0 aliphatic carbocycles. The van der Waals surface area contributed by atoms with Crippen LogP contribution in [0, 0.1) is 0 Å². The molecule has 2 atom stereocenters. The number of fused-ring (bicyclic) bond motifs is 1. The Balaban J connectivity index is 1.41. The van der Waals surface area contributed by atoms with Gasteiger partial charge in [0.05, 0.1) is 23.5 Å². The van der Waals surface area contributed by atoms with Crippen LogP contribution >= 0.6 is 0 Å². The number of carbonyl (C=O) groups excluding carboxylic acids is 5. The van der Waals surface area contributed by atoms with Crippen molar-refractivity contribution in [2.75, 3.05) is 18.0 Å². The number of esters is 1. The highest BCUT2D eigenvalue weighted by atomic mass is 16.5. The lowest BCUT2D eigenvalue weighted by molar-refractivity contribution is -0.145. The third-order valence-electron chi connectivity index (χ3n) is 8.09. The van der Waals surface area contributed by atoms with Crippen molar-refractivity contribution in [2.45, 2.75) is 50.3 Å². The van der Waals surface area contributed by atoms with E-state index in [9.17, 15) is 24.0 Å². The second-order valence-corrected chi connectivity index (χ2v) is 11.3. The van der Waals surface area contributed by atoms with E-state index in [-0.39, 0.29) is 37.3 Å². The summed E-state index contributed by atoms with van der Waals surface area (Å²) in [6.07, 6.45) is 4.43. The summed E-state index contributed by atoms with van der Waals surface area (Å²) in [5, 5.41) is 5.48. The fourth-order valence-corrected chi connectivity index (χ4v) is 5.59. The first kappa shape index (κ1) is 32.0.